The number of nitrogens with one attached hydrogen (secondary N) is 1. The minimum absolute atomic E-state index is 0.232. The normalized spacial score (nSPS) is 16.0. The maximum absolute atomic E-state index is 12.4. The first-order valence-corrected chi connectivity index (χ1v) is 8.82. The second kappa shape index (κ2) is 8.74. The lowest BCUT2D eigenvalue weighted by Gasteiger charge is -2.28. The summed E-state index contributed by atoms with van der Waals surface area (Å²) in [5.41, 5.74) is 0. The maximum Gasteiger partial charge on any atom is 0.311 e. The average Bonchev–Trinajstić information content (AvgIpc) is 2.57. The van der Waals surface area contributed by atoms with E-state index in [2.05, 4.69) is 5.32 Å². The number of amides is 2. The van der Waals surface area contributed by atoms with E-state index < -0.39 is 11.8 Å². The van der Waals surface area contributed by atoms with Crippen molar-refractivity contribution in [2.45, 2.75) is 33.8 Å². The molecule has 0 aromatic heterocycles. The van der Waals surface area contributed by atoms with Crippen molar-refractivity contribution in [3.63, 3.8) is 0 Å². The standard InChI is InChI=1S/C19H28N2O4/c1-13(2)10-21(11-14(3)4)19(23)18(22)20-9-15-12-24-16-7-5-6-8-17(16)25-15/h5-8,13-15H,9-12H2,1-4H3,(H,20,22). The van der Waals surface area contributed by atoms with Gasteiger partial charge >= 0.3 is 11.8 Å². The van der Waals surface area contributed by atoms with Crippen molar-refractivity contribution in [2.24, 2.45) is 11.8 Å². The molecule has 1 unspecified atom stereocenters. The Labute approximate surface area is 149 Å². The van der Waals surface area contributed by atoms with Crippen LogP contribution in [0.3, 0.4) is 0 Å². The Bertz CT molecular complexity index is 591. The highest BCUT2D eigenvalue weighted by Crippen LogP contribution is 2.30. The molecule has 1 heterocycles. The number of carbonyl (C=O) groups excluding carboxylic acids is 2. The molecule has 0 fully saturated rings. The van der Waals surface area contributed by atoms with Gasteiger partial charge in [0.15, 0.2) is 11.5 Å². The molecule has 2 rings (SSSR count). The second-order valence-corrected chi connectivity index (χ2v) is 7.21. The van der Waals surface area contributed by atoms with Gasteiger partial charge in [-0.25, -0.2) is 0 Å². The highest BCUT2D eigenvalue weighted by molar-refractivity contribution is 6.35. The fourth-order valence-electron chi connectivity index (χ4n) is 2.71. The molecule has 2 amide bonds. The molecule has 0 bridgehead atoms. The summed E-state index contributed by atoms with van der Waals surface area (Å²) in [4.78, 5) is 26.3. The highest BCUT2D eigenvalue weighted by Gasteiger charge is 2.26. The Morgan fingerprint density at radius 3 is 2.32 bits per heavy atom. The molecule has 25 heavy (non-hydrogen) atoms. The third-order valence-corrected chi connectivity index (χ3v) is 3.71. The van der Waals surface area contributed by atoms with Crippen LogP contribution >= 0.6 is 0 Å². The Hall–Kier alpha value is -2.24. The van der Waals surface area contributed by atoms with Crippen LogP contribution in [0.5, 0.6) is 11.5 Å². The van der Waals surface area contributed by atoms with Crippen LogP contribution < -0.4 is 14.8 Å². The zero-order valence-electron chi connectivity index (χ0n) is 15.5. The van der Waals surface area contributed by atoms with Crippen LogP contribution in [0.25, 0.3) is 0 Å². The summed E-state index contributed by atoms with van der Waals surface area (Å²) in [7, 11) is 0. The lowest BCUT2D eigenvalue weighted by atomic mass is 10.1. The average molecular weight is 348 g/mol. The number of rotatable bonds is 6. The lowest BCUT2D eigenvalue weighted by molar-refractivity contribution is -0.146. The number of carbonyl (C=O) groups is 2. The molecule has 6 heteroatoms. The molecule has 1 aliphatic rings. The third-order valence-electron chi connectivity index (χ3n) is 3.71. The molecule has 1 aromatic rings. The van der Waals surface area contributed by atoms with E-state index in [1.165, 1.54) is 0 Å². The molecule has 1 atom stereocenters. The van der Waals surface area contributed by atoms with Crippen LogP contribution in [0.15, 0.2) is 24.3 Å². The number of hydrogen-bond acceptors (Lipinski definition) is 4. The van der Waals surface area contributed by atoms with Gasteiger partial charge in [0.2, 0.25) is 0 Å². The van der Waals surface area contributed by atoms with E-state index in [9.17, 15) is 9.59 Å². The van der Waals surface area contributed by atoms with E-state index in [4.69, 9.17) is 9.47 Å². The Morgan fingerprint density at radius 1 is 1.12 bits per heavy atom. The molecule has 1 aromatic carbocycles. The predicted octanol–water partition coefficient (Wildman–Crippen LogP) is 2.08. The van der Waals surface area contributed by atoms with Crippen LogP contribution in [0.2, 0.25) is 0 Å². The Kier molecular flexibility index (Phi) is 6.67. The van der Waals surface area contributed by atoms with Crippen molar-refractivity contribution in [2.75, 3.05) is 26.2 Å². The Balaban J connectivity index is 1.87. The van der Waals surface area contributed by atoms with Gasteiger partial charge < -0.3 is 19.7 Å². The summed E-state index contributed by atoms with van der Waals surface area (Å²) in [6.07, 6.45) is -0.310. The van der Waals surface area contributed by atoms with Crippen LogP contribution in [-0.2, 0) is 9.59 Å². The van der Waals surface area contributed by atoms with Gasteiger partial charge in [-0.15, -0.1) is 0 Å². The van der Waals surface area contributed by atoms with Gasteiger partial charge in [0, 0.05) is 13.1 Å². The predicted molar refractivity (Wildman–Crippen MR) is 95.6 cm³/mol. The quantitative estimate of drug-likeness (QED) is 0.799. The van der Waals surface area contributed by atoms with E-state index in [0.29, 0.717) is 43.0 Å². The third kappa shape index (κ3) is 5.66. The fraction of sp³-hybridized carbons (Fsp3) is 0.579. The van der Waals surface area contributed by atoms with Crippen LogP contribution in [-0.4, -0.2) is 49.1 Å². The molecule has 6 nitrogen and oxygen atoms in total. The summed E-state index contributed by atoms with van der Waals surface area (Å²) in [6, 6.07) is 7.40. The topological polar surface area (TPSA) is 67.9 Å². The number of hydrogen-bond donors (Lipinski definition) is 1. The number of ether oxygens (including phenoxy) is 2. The molecule has 0 aliphatic carbocycles. The lowest BCUT2D eigenvalue weighted by Crippen LogP contribution is -2.49. The summed E-state index contributed by atoms with van der Waals surface area (Å²) >= 11 is 0. The molecule has 1 aliphatic heterocycles. The minimum Gasteiger partial charge on any atom is -0.486 e. The first-order chi connectivity index (χ1) is 11.9. The molecule has 0 radical (unpaired) electrons. The molecule has 1 N–H and O–H groups in total. The monoisotopic (exact) mass is 348 g/mol. The van der Waals surface area contributed by atoms with E-state index in [1.807, 2.05) is 52.0 Å². The second-order valence-electron chi connectivity index (χ2n) is 7.21. The van der Waals surface area contributed by atoms with Gasteiger partial charge in [-0.2, -0.15) is 0 Å². The van der Waals surface area contributed by atoms with Crippen molar-refractivity contribution < 1.29 is 19.1 Å². The SMILES string of the molecule is CC(C)CN(CC(C)C)C(=O)C(=O)NCC1COc2ccccc2O1. The first-order valence-electron chi connectivity index (χ1n) is 8.82. The molecular weight excluding hydrogens is 320 g/mol. The zero-order valence-corrected chi connectivity index (χ0v) is 15.5. The number of fused-ring (bicyclic) bond motifs is 1. The Morgan fingerprint density at radius 2 is 1.72 bits per heavy atom. The minimum atomic E-state index is -0.594. The van der Waals surface area contributed by atoms with Gasteiger partial charge in [0.1, 0.15) is 12.7 Å². The van der Waals surface area contributed by atoms with E-state index in [1.54, 1.807) is 4.90 Å². The number of benzene rings is 1. The van der Waals surface area contributed by atoms with Crippen molar-refractivity contribution >= 4 is 11.8 Å². The van der Waals surface area contributed by atoms with Gasteiger partial charge in [-0.1, -0.05) is 39.8 Å². The van der Waals surface area contributed by atoms with Crippen molar-refractivity contribution in [3.05, 3.63) is 24.3 Å². The van der Waals surface area contributed by atoms with Crippen molar-refractivity contribution in [1.29, 1.82) is 0 Å². The number of para-hydroxylation sites is 2. The molecule has 0 saturated heterocycles. The molecular formula is C19H28N2O4. The molecule has 0 saturated carbocycles. The van der Waals surface area contributed by atoms with Crippen LogP contribution in [0, 0.1) is 11.8 Å². The number of nitrogens with zero attached hydrogens (tertiary/aromatic N) is 1. The van der Waals surface area contributed by atoms with E-state index in [-0.39, 0.29) is 12.6 Å². The van der Waals surface area contributed by atoms with E-state index in [0.717, 1.165) is 0 Å². The van der Waals surface area contributed by atoms with Gasteiger partial charge in [-0.3, -0.25) is 9.59 Å². The maximum atomic E-state index is 12.4. The molecule has 138 valence electrons. The summed E-state index contributed by atoms with van der Waals surface area (Å²) in [6.45, 7) is 9.84. The van der Waals surface area contributed by atoms with Crippen molar-refractivity contribution in [1.82, 2.24) is 10.2 Å². The van der Waals surface area contributed by atoms with Crippen molar-refractivity contribution in [3.8, 4) is 11.5 Å². The largest absolute Gasteiger partial charge is 0.486 e. The van der Waals surface area contributed by atoms with Crippen LogP contribution in [0.4, 0.5) is 0 Å². The van der Waals surface area contributed by atoms with Crippen LogP contribution in [0.1, 0.15) is 27.7 Å². The first kappa shape index (κ1) is 19.1. The highest BCUT2D eigenvalue weighted by atomic mass is 16.6. The molecule has 0 spiro atoms. The summed E-state index contributed by atoms with van der Waals surface area (Å²) in [5.74, 6) is 0.884. The fourth-order valence-corrected chi connectivity index (χ4v) is 2.71. The smallest absolute Gasteiger partial charge is 0.311 e. The summed E-state index contributed by atoms with van der Waals surface area (Å²) < 4.78 is 11.4. The summed E-state index contributed by atoms with van der Waals surface area (Å²) in [5, 5.41) is 2.67. The van der Waals surface area contributed by atoms with Gasteiger partial charge in [0.25, 0.3) is 0 Å². The van der Waals surface area contributed by atoms with Gasteiger partial charge in [0.05, 0.1) is 6.54 Å². The van der Waals surface area contributed by atoms with E-state index >= 15 is 0 Å². The van der Waals surface area contributed by atoms with Gasteiger partial charge in [-0.05, 0) is 24.0 Å². The zero-order chi connectivity index (χ0) is 18.4.